The third kappa shape index (κ3) is 6.32. The predicted molar refractivity (Wildman–Crippen MR) is 115 cm³/mol. The number of halogens is 1. The second kappa shape index (κ2) is 10.8. The molecule has 0 saturated heterocycles. The zero-order valence-electron chi connectivity index (χ0n) is 15.7. The number of aryl methyl sites for hydroxylation is 1. The summed E-state index contributed by atoms with van der Waals surface area (Å²) >= 11 is 0. The van der Waals surface area contributed by atoms with Crippen LogP contribution >= 0.6 is 24.0 Å². The Morgan fingerprint density at radius 2 is 1.96 bits per heavy atom. The first-order chi connectivity index (χ1) is 12.0. The molecule has 0 aliphatic carbocycles. The van der Waals surface area contributed by atoms with Gasteiger partial charge in [0.25, 0.3) is 0 Å². The molecule has 2 rings (SSSR count). The van der Waals surface area contributed by atoms with E-state index in [4.69, 9.17) is 0 Å². The number of likely N-dealkylation sites (N-methyl/N-ethyl adjacent to an activating group) is 1. The Morgan fingerprint density at radius 3 is 2.58 bits per heavy atom. The van der Waals surface area contributed by atoms with Gasteiger partial charge in [0.2, 0.25) is 5.91 Å². The smallest absolute Gasteiger partial charge is 0.241 e. The fourth-order valence-corrected chi connectivity index (χ4v) is 2.24. The average molecular weight is 470 g/mol. The van der Waals surface area contributed by atoms with Crippen LogP contribution in [0.3, 0.4) is 0 Å². The minimum absolute atomic E-state index is 0. The van der Waals surface area contributed by atoms with Crippen molar-refractivity contribution >= 4 is 35.8 Å². The van der Waals surface area contributed by atoms with E-state index < -0.39 is 0 Å². The van der Waals surface area contributed by atoms with Crippen LogP contribution in [0.4, 0.5) is 0 Å². The molecule has 0 unspecified atom stereocenters. The zero-order chi connectivity index (χ0) is 18.2. The molecule has 1 aromatic carbocycles. The van der Waals surface area contributed by atoms with Crippen molar-refractivity contribution in [1.82, 2.24) is 25.3 Å². The quantitative estimate of drug-likeness (QED) is 0.385. The van der Waals surface area contributed by atoms with Crippen LogP contribution in [0.1, 0.15) is 18.2 Å². The Labute approximate surface area is 171 Å². The molecule has 8 heteroatoms. The second-order valence-electron chi connectivity index (χ2n) is 5.87. The summed E-state index contributed by atoms with van der Waals surface area (Å²) in [5.74, 6) is 0.613. The van der Waals surface area contributed by atoms with E-state index in [0.717, 1.165) is 23.5 Å². The van der Waals surface area contributed by atoms with Crippen LogP contribution in [0.25, 0.3) is 5.69 Å². The van der Waals surface area contributed by atoms with Crippen LogP contribution in [0, 0.1) is 6.92 Å². The Morgan fingerprint density at radius 1 is 1.23 bits per heavy atom. The molecule has 142 valence electrons. The molecule has 0 bridgehead atoms. The number of amides is 1. The molecule has 0 radical (unpaired) electrons. The van der Waals surface area contributed by atoms with Gasteiger partial charge < -0.3 is 15.5 Å². The molecule has 0 atom stereocenters. The van der Waals surface area contributed by atoms with Gasteiger partial charge in [0.15, 0.2) is 5.96 Å². The van der Waals surface area contributed by atoms with Crippen LogP contribution < -0.4 is 10.6 Å². The average Bonchev–Trinajstić information content (AvgIpc) is 3.03. The lowest BCUT2D eigenvalue weighted by atomic mass is 10.2. The van der Waals surface area contributed by atoms with Gasteiger partial charge in [-0.15, -0.1) is 24.0 Å². The Kier molecular flexibility index (Phi) is 9.11. The first kappa shape index (κ1) is 21.9. The molecule has 7 nitrogen and oxygen atoms in total. The molecule has 0 spiro atoms. The van der Waals surface area contributed by atoms with Crippen molar-refractivity contribution in [1.29, 1.82) is 0 Å². The molecular weight excluding hydrogens is 443 g/mol. The number of carbonyl (C=O) groups excluding carboxylic acids is 1. The largest absolute Gasteiger partial charge is 0.357 e. The third-order valence-electron chi connectivity index (χ3n) is 3.62. The highest BCUT2D eigenvalue weighted by Gasteiger charge is 2.07. The van der Waals surface area contributed by atoms with Crippen molar-refractivity contribution in [3.05, 3.63) is 47.8 Å². The number of para-hydroxylation sites is 1. The first-order valence-electron chi connectivity index (χ1n) is 8.34. The standard InChI is InChI=1S/C18H26N6O.HI/c1-5-19-18(21-13-17(25)23(3)4)20-12-15-8-6-7-9-16(15)24-11-10-14(2)22-24;/h6-11H,5,12-13H2,1-4H3,(H2,19,20,21);1H. The van der Waals surface area contributed by atoms with Gasteiger partial charge in [0, 0.05) is 26.8 Å². The van der Waals surface area contributed by atoms with E-state index in [1.807, 2.05) is 55.1 Å². The maximum absolute atomic E-state index is 11.7. The Bertz CT molecular complexity index is 741. The van der Waals surface area contributed by atoms with Crippen LogP contribution in [-0.2, 0) is 11.3 Å². The predicted octanol–water partition coefficient (Wildman–Crippen LogP) is 1.94. The van der Waals surface area contributed by atoms with Gasteiger partial charge in [-0.1, -0.05) is 18.2 Å². The van der Waals surface area contributed by atoms with E-state index in [1.165, 1.54) is 0 Å². The van der Waals surface area contributed by atoms with Crippen LogP contribution in [0.5, 0.6) is 0 Å². The van der Waals surface area contributed by atoms with E-state index in [2.05, 4.69) is 20.7 Å². The number of nitrogens with zero attached hydrogens (tertiary/aromatic N) is 4. The zero-order valence-corrected chi connectivity index (χ0v) is 18.0. The minimum Gasteiger partial charge on any atom is -0.357 e. The molecule has 2 aromatic rings. The molecule has 2 N–H and O–H groups in total. The minimum atomic E-state index is -0.00183. The van der Waals surface area contributed by atoms with Gasteiger partial charge in [-0.05, 0) is 31.5 Å². The highest BCUT2D eigenvalue weighted by molar-refractivity contribution is 14.0. The van der Waals surface area contributed by atoms with E-state index >= 15 is 0 Å². The number of carbonyl (C=O) groups is 1. The maximum Gasteiger partial charge on any atom is 0.241 e. The van der Waals surface area contributed by atoms with Crippen molar-refractivity contribution in [2.75, 3.05) is 27.2 Å². The third-order valence-corrected chi connectivity index (χ3v) is 3.62. The molecule has 0 aliphatic rings. The lowest BCUT2D eigenvalue weighted by Crippen LogP contribution is -2.42. The van der Waals surface area contributed by atoms with Crippen molar-refractivity contribution in [2.24, 2.45) is 4.99 Å². The van der Waals surface area contributed by atoms with Gasteiger partial charge in [0.1, 0.15) is 0 Å². The molecular formula is C18H27IN6O. The lowest BCUT2D eigenvalue weighted by molar-refractivity contribution is -0.127. The van der Waals surface area contributed by atoms with Gasteiger partial charge in [-0.25, -0.2) is 9.67 Å². The van der Waals surface area contributed by atoms with E-state index in [1.54, 1.807) is 19.0 Å². The molecule has 0 aliphatic heterocycles. The Hall–Kier alpha value is -2.10. The summed E-state index contributed by atoms with van der Waals surface area (Å²) < 4.78 is 1.86. The van der Waals surface area contributed by atoms with Crippen molar-refractivity contribution in [3.8, 4) is 5.69 Å². The van der Waals surface area contributed by atoms with E-state index in [-0.39, 0.29) is 36.4 Å². The lowest BCUT2D eigenvalue weighted by Gasteiger charge is -2.14. The summed E-state index contributed by atoms with van der Waals surface area (Å²) in [5, 5.41) is 10.7. The number of rotatable bonds is 6. The van der Waals surface area contributed by atoms with E-state index in [9.17, 15) is 4.79 Å². The van der Waals surface area contributed by atoms with Gasteiger partial charge >= 0.3 is 0 Å². The maximum atomic E-state index is 11.7. The fourth-order valence-electron chi connectivity index (χ4n) is 2.24. The fraction of sp³-hybridized carbons (Fsp3) is 0.389. The SMILES string of the molecule is CCNC(=NCc1ccccc1-n1ccc(C)n1)NCC(=O)N(C)C.I. The van der Waals surface area contributed by atoms with Crippen LogP contribution in [0.15, 0.2) is 41.5 Å². The summed E-state index contributed by atoms with van der Waals surface area (Å²) in [5.41, 5.74) is 3.02. The summed E-state index contributed by atoms with van der Waals surface area (Å²) in [4.78, 5) is 17.9. The van der Waals surface area contributed by atoms with Crippen molar-refractivity contribution in [2.45, 2.75) is 20.4 Å². The van der Waals surface area contributed by atoms with Crippen LogP contribution in [0.2, 0.25) is 0 Å². The van der Waals surface area contributed by atoms with Gasteiger partial charge in [0.05, 0.1) is 24.5 Å². The van der Waals surface area contributed by atoms with Gasteiger partial charge in [-0.2, -0.15) is 5.10 Å². The second-order valence-corrected chi connectivity index (χ2v) is 5.87. The first-order valence-corrected chi connectivity index (χ1v) is 8.34. The number of aliphatic imine (C=N–C) groups is 1. The van der Waals surface area contributed by atoms with Gasteiger partial charge in [-0.3, -0.25) is 4.79 Å². The topological polar surface area (TPSA) is 74.5 Å². The molecule has 1 heterocycles. The van der Waals surface area contributed by atoms with Crippen LogP contribution in [-0.4, -0.2) is 53.7 Å². The van der Waals surface area contributed by atoms with E-state index in [0.29, 0.717) is 12.5 Å². The summed E-state index contributed by atoms with van der Waals surface area (Å²) in [6, 6.07) is 10.00. The number of hydrogen-bond acceptors (Lipinski definition) is 3. The molecule has 0 fully saturated rings. The Balaban J connectivity index is 0.00000338. The summed E-state index contributed by atoms with van der Waals surface area (Å²) in [6.45, 7) is 5.37. The number of benzene rings is 1. The molecule has 26 heavy (non-hydrogen) atoms. The monoisotopic (exact) mass is 470 g/mol. The molecule has 0 saturated carbocycles. The molecule has 1 amide bonds. The number of nitrogens with one attached hydrogen (secondary N) is 2. The highest BCUT2D eigenvalue weighted by Crippen LogP contribution is 2.15. The summed E-state index contributed by atoms with van der Waals surface area (Å²) in [6.07, 6.45) is 1.94. The number of aromatic nitrogens is 2. The normalized spacial score (nSPS) is 10.8. The molecule has 1 aromatic heterocycles. The summed E-state index contributed by atoms with van der Waals surface area (Å²) in [7, 11) is 3.47. The van der Waals surface area contributed by atoms with Crippen molar-refractivity contribution in [3.63, 3.8) is 0 Å². The highest BCUT2D eigenvalue weighted by atomic mass is 127. The number of hydrogen-bond donors (Lipinski definition) is 2. The number of guanidine groups is 1. The van der Waals surface area contributed by atoms with Crippen molar-refractivity contribution < 1.29 is 4.79 Å².